The molecule has 0 aliphatic heterocycles. The summed E-state index contributed by atoms with van der Waals surface area (Å²) >= 11 is 0. The zero-order valence-electron chi connectivity index (χ0n) is 10.0. The molecule has 1 aromatic heterocycles. The maximum Gasteiger partial charge on any atom is 0.161 e. The molecule has 0 fully saturated rings. The van der Waals surface area contributed by atoms with Crippen molar-refractivity contribution in [3.05, 3.63) is 47.0 Å². The molecule has 0 spiro atoms. The molecule has 6 heteroatoms. The number of hydrogen-bond donors (Lipinski definition) is 1. The minimum absolute atomic E-state index is 0.0887. The number of aromatic nitrogens is 2. The second-order valence-corrected chi connectivity index (χ2v) is 4.67. The first-order chi connectivity index (χ1) is 9.08. The molecule has 2 aromatic rings. The highest BCUT2D eigenvalue weighted by Gasteiger charge is 2.23. The second-order valence-electron chi connectivity index (χ2n) is 4.67. The van der Waals surface area contributed by atoms with E-state index < -0.39 is 17.5 Å². The molecule has 1 unspecified atom stereocenters. The fourth-order valence-corrected chi connectivity index (χ4v) is 2.47. The number of hydrogen-bond acceptors (Lipinski definition) is 2. The Hall–Kier alpha value is -1.82. The maximum absolute atomic E-state index is 13.8. The van der Waals surface area contributed by atoms with Gasteiger partial charge in [-0.15, -0.1) is 0 Å². The van der Waals surface area contributed by atoms with Crippen LogP contribution in [0.3, 0.4) is 0 Å². The molecule has 1 aliphatic carbocycles. The summed E-state index contributed by atoms with van der Waals surface area (Å²) in [6.45, 7) is 0. The minimum Gasteiger partial charge on any atom is -0.324 e. The van der Waals surface area contributed by atoms with Crippen LogP contribution in [0.4, 0.5) is 13.2 Å². The Morgan fingerprint density at radius 1 is 1.16 bits per heavy atom. The third kappa shape index (κ3) is 1.92. The number of rotatable bonds is 1. The number of nitrogens with two attached hydrogens (primary N) is 1. The quantitative estimate of drug-likeness (QED) is 0.807. The predicted molar refractivity (Wildman–Crippen MR) is 63.3 cm³/mol. The largest absolute Gasteiger partial charge is 0.324 e. The number of nitrogens with zero attached hydrogens (tertiary/aromatic N) is 2. The molecule has 0 saturated carbocycles. The van der Waals surface area contributed by atoms with Crippen molar-refractivity contribution in [2.24, 2.45) is 5.73 Å². The molecule has 2 N–H and O–H groups in total. The Balaban J connectivity index is 2.16. The van der Waals surface area contributed by atoms with E-state index in [4.69, 9.17) is 5.73 Å². The molecule has 3 rings (SSSR count). The SMILES string of the molecule is NC1CCCc2c1cnn2-c1cc(F)c(F)cc1F. The summed E-state index contributed by atoms with van der Waals surface area (Å²) in [4.78, 5) is 0. The fourth-order valence-electron chi connectivity index (χ4n) is 2.47. The summed E-state index contributed by atoms with van der Waals surface area (Å²) in [6, 6.07) is 1.21. The van der Waals surface area contributed by atoms with Crippen LogP contribution in [0.2, 0.25) is 0 Å². The molecular weight excluding hydrogens is 255 g/mol. The van der Waals surface area contributed by atoms with E-state index in [0.29, 0.717) is 12.5 Å². The van der Waals surface area contributed by atoms with Gasteiger partial charge in [-0.2, -0.15) is 5.10 Å². The highest BCUT2D eigenvalue weighted by Crippen LogP contribution is 2.30. The van der Waals surface area contributed by atoms with E-state index in [0.717, 1.165) is 30.2 Å². The molecule has 19 heavy (non-hydrogen) atoms. The lowest BCUT2D eigenvalue weighted by atomic mass is 9.94. The predicted octanol–water partition coefficient (Wildman–Crippen LogP) is 2.63. The van der Waals surface area contributed by atoms with Crippen molar-refractivity contribution < 1.29 is 13.2 Å². The van der Waals surface area contributed by atoms with Crippen LogP contribution in [0.25, 0.3) is 5.69 Å². The molecule has 3 nitrogen and oxygen atoms in total. The van der Waals surface area contributed by atoms with E-state index in [2.05, 4.69) is 5.10 Å². The van der Waals surface area contributed by atoms with Gasteiger partial charge in [-0.1, -0.05) is 0 Å². The normalized spacial score (nSPS) is 18.4. The molecule has 1 aromatic carbocycles. The van der Waals surface area contributed by atoms with Gasteiger partial charge in [0, 0.05) is 29.4 Å². The van der Waals surface area contributed by atoms with Crippen molar-refractivity contribution in [1.82, 2.24) is 9.78 Å². The van der Waals surface area contributed by atoms with Gasteiger partial charge in [0.2, 0.25) is 0 Å². The van der Waals surface area contributed by atoms with E-state index in [1.807, 2.05) is 0 Å². The van der Waals surface area contributed by atoms with Gasteiger partial charge in [-0.3, -0.25) is 0 Å². The average molecular weight is 267 g/mol. The fraction of sp³-hybridized carbons (Fsp3) is 0.308. The van der Waals surface area contributed by atoms with E-state index >= 15 is 0 Å². The topological polar surface area (TPSA) is 43.8 Å². The Kier molecular flexibility index (Phi) is 2.82. The summed E-state index contributed by atoms with van der Waals surface area (Å²) in [7, 11) is 0. The van der Waals surface area contributed by atoms with E-state index in [1.54, 1.807) is 6.20 Å². The van der Waals surface area contributed by atoms with Crippen LogP contribution in [0.1, 0.15) is 30.1 Å². The van der Waals surface area contributed by atoms with Crippen molar-refractivity contribution in [2.75, 3.05) is 0 Å². The van der Waals surface area contributed by atoms with E-state index in [-0.39, 0.29) is 11.7 Å². The molecular formula is C13H12F3N3. The molecule has 0 amide bonds. The van der Waals surface area contributed by atoms with Crippen molar-refractivity contribution >= 4 is 0 Å². The zero-order valence-corrected chi connectivity index (χ0v) is 10.0. The van der Waals surface area contributed by atoms with Crippen LogP contribution in [-0.4, -0.2) is 9.78 Å². The third-order valence-electron chi connectivity index (χ3n) is 3.45. The van der Waals surface area contributed by atoms with Gasteiger partial charge in [0.15, 0.2) is 17.5 Å². The minimum atomic E-state index is -1.21. The lowest BCUT2D eigenvalue weighted by Crippen LogP contribution is -2.18. The van der Waals surface area contributed by atoms with Crippen molar-refractivity contribution in [1.29, 1.82) is 0 Å². The lowest BCUT2D eigenvalue weighted by molar-refractivity contribution is 0.489. The van der Waals surface area contributed by atoms with Crippen LogP contribution in [-0.2, 0) is 6.42 Å². The first kappa shape index (κ1) is 12.2. The van der Waals surface area contributed by atoms with Crippen LogP contribution < -0.4 is 5.73 Å². The number of halogens is 3. The smallest absolute Gasteiger partial charge is 0.161 e. The molecule has 1 atom stereocenters. The second kappa shape index (κ2) is 4.38. The molecule has 0 saturated heterocycles. The van der Waals surface area contributed by atoms with Gasteiger partial charge < -0.3 is 5.73 Å². The molecule has 0 bridgehead atoms. The van der Waals surface area contributed by atoms with Crippen LogP contribution in [0.5, 0.6) is 0 Å². The standard InChI is InChI=1S/C13H12F3N3/c14-8-4-10(16)13(5-9(8)15)19-12-3-1-2-11(17)7(12)6-18-19/h4-6,11H,1-3,17H2. The molecule has 100 valence electrons. The average Bonchev–Trinajstić information content (AvgIpc) is 2.79. The van der Waals surface area contributed by atoms with Crippen molar-refractivity contribution in [3.63, 3.8) is 0 Å². The summed E-state index contributed by atoms with van der Waals surface area (Å²) < 4.78 is 41.3. The maximum atomic E-state index is 13.8. The number of benzene rings is 1. The summed E-state index contributed by atoms with van der Waals surface area (Å²) in [5, 5.41) is 4.06. The Bertz CT molecular complexity index is 636. The van der Waals surface area contributed by atoms with Gasteiger partial charge >= 0.3 is 0 Å². The van der Waals surface area contributed by atoms with Gasteiger partial charge in [-0.25, -0.2) is 17.9 Å². The Morgan fingerprint density at radius 2 is 1.89 bits per heavy atom. The third-order valence-corrected chi connectivity index (χ3v) is 3.45. The Labute approximate surface area is 107 Å². The Morgan fingerprint density at radius 3 is 2.68 bits per heavy atom. The summed E-state index contributed by atoms with van der Waals surface area (Å²) in [5.41, 5.74) is 7.47. The van der Waals surface area contributed by atoms with Crippen molar-refractivity contribution in [3.8, 4) is 5.69 Å². The van der Waals surface area contributed by atoms with Crippen LogP contribution in [0, 0.1) is 17.5 Å². The summed E-state index contributed by atoms with van der Waals surface area (Å²) in [5.74, 6) is -3.15. The van der Waals surface area contributed by atoms with Crippen LogP contribution in [0.15, 0.2) is 18.3 Å². The van der Waals surface area contributed by atoms with Gasteiger partial charge in [-0.05, 0) is 19.3 Å². The van der Waals surface area contributed by atoms with Crippen LogP contribution >= 0.6 is 0 Å². The van der Waals surface area contributed by atoms with Gasteiger partial charge in [0.1, 0.15) is 5.69 Å². The van der Waals surface area contributed by atoms with Crippen molar-refractivity contribution in [2.45, 2.75) is 25.3 Å². The first-order valence-corrected chi connectivity index (χ1v) is 6.05. The summed E-state index contributed by atoms with van der Waals surface area (Å²) in [6.07, 6.45) is 3.98. The molecule has 1 heterocycles. The zero-order chi connectivity index (χ0) is 13.6. The number of fused-ring (bicyclic) bond motifs is 1. The van der Waals surface area contributed by atoms with E-state index in [9.17, 15) is 13.2 Å². The lowest BCUT2D eigenvalue weighted by Gasteiger charge is -2.19. The van der Waals surface area contributed by atoms with Gasteiger partial charge in [0.05, 0.1) is 6.20 Å². The molecule has 1 aliphatic rings. The monoisotopic (exact) mass is 267 g/mol. The van der Waals surface area contributed by atoms with E-state index in [1.165, 1.54) is 4.68 Å². The first-order valence-electron chi connectivity index (χ1n) is 6.05. The molecule has 0 radical (unpaired) electrons. The van der Waals surface area contributed by atoms with Gasteiger partial charge in [0.25, 0.3) is 0 Å². The highest BCUT2D eigenvalue weighted by atomic mass is 19.2. The highest BCUT2D eigenvalue weighted by molar-refractivity contribution is 5.39.